The second-order valence-electron chi connectivity index (χ2n) is 6.07. The summed E-state index contributed by atoms with van der Waals surface area (Å²) in [6.07, 6.45) is 5.40. The fourth-order valence-electron chi connectivity index (χ4n) is 2.90. The van der Waals surface area contributed by atoms with Crippen LogP contribution < -0.4 is 5.32 Å². The molecule has 1 N–H and O–H groups in total. The van der Waals surface area contributed by atoms with Crippen LogP contribution in [-0.4, -0.2) is 30.6 Å². The van der Waals surface area contributed by atoms with Gasteiger partial charge in [-0.1, -0.05) is 19.9 Å². The summed E-state index contributed by atoms with van der Waals surface area (Å²) < 4.78 is 0. The molecule has 114 valence electrons. The first-order valence-electron chi connectivity index (χ1n) is 8.26. The van der Waals surface area contributed by atoms with E-state index in [-0.39, 0.29) is 0 Å². The minimum Gasteiger partial charge on any atom is -0.306 e. The standard InChI is InChI=1S/C17H30N2S/c1-4-19(5-2)12-6-8-14(3)18-17(15-10-11-15)16-9-7-13-20-16/h7,9,13-15,17-18H,4-6,8,10-12H2,1-3H3. The molecule has 0 saturated heterocycles. The summed E-state index contributed by atoms with van der Waals surface area (Å²) in [5, 5.41) is 6.09. The summed E-state index contributed by atoms with van der Waals surface area (Å²) in [7, 11) is 0. The van der Waals surface area contributed by atoms with Gasteiger partial charge in [0, 0.05) is 17.0 Å². The van der Waals surface area contributed by atoms with E-state index in [2.05, 4.69) is 48.5 Å². The predicted octanol–water partition coefficient (Wildman–Crippen LogP) is 4.30. The number of hydrogen-bond donors (Lipinski definition) is 1. The zero-order chi connectivity index (χ0) is 14.4. The van der Waals surface area contributed by atoms with Gasteiger partial charge in [0.25, 0.3) is 0 Å². The molecule has 0 spiro atoms. The van der Waals surface area contributed by atoms with Gasteiger partial charge >= 0.3 is 0 Å². The summed E-state index contributed by atoms with van der Waals surface area (Å²) in [6.45, 7) is 10.5. The molecular formula is C17H30N2S. The van der Waals surface area contributed by atoms with Crippen molar-refractivity contribution in [1.82, 2.24) is 10.2 Å². The van der Waals surface area contributed by atoms with Crippen LogP contribution in [0, 0.1) is 5.92 Å². The molecule has 1 heterocycles. The minimum atomic E-state index is 0.610. The average molecular weight is 295 g/mol. The van der Waals surface area contributed by atoms with Crippen LogP contribution >= 0.6 is 11.3 Å². The number of hydrogen-bond acceptors (Lipinski definition) is 3. The Morgan fingerprint density at radius 3 is 2.65 bits per heavy atom. The highest BCUT2D eigenvalue weighted by Gasteiger charge is 2.33. The minimum absolute atomic E-state index is 0.610. The molecule has 1 saturated carbocycles. The Hall–Kier alpha value is -0.380. The molecular weight excluding hydrogens is 264 g/mol. The highest BCUT2D eigenvalue weighted by molar-refractivity contribution is 7.10. The van der Waals surface area contributed by atoms with E-state index in [0.29, 0.717) is 12.1 Å². The third-order valence-electron chi connectivity index (χ3n) is 4.41. The van der Waals surface area contributed by atoms with E-state index in [1.54, 1.807) is 0 Å². The fraction of sp³-hybridized carbons (Fsp3) is 0.765. The van der Waals surface area contributed by atoms with Gasteiger partial charge < -0.3 is 10.2 Å². The Bertz CT molecular complexity index is 355. The second kappa shape index (κ2) is 8.16. The van der Waals surface area contributed by atoms with Crippen molar-refractivity contribution in [3.63, 3.8) is 0 Å². The Kier molecular flexibility index (Phi) is 6.53. The van der Waals surface area contributed by atoms with Gasteiger partial charge in [0.2, 0.25) is 0 Å². The van der Waals surface area contributed by atoms with Crippen LogP contribution in [0.3, 0.4) is 0 Å². The topological polar surface area (TPSA) is 15.3 Å². The number of rotatable bonds is 10. The molecule has 2 rings (SSSR count). The molecule has 0 aliphatic heterocycles. The maximum Gasteiger partial charge on any atom is 0.0445 e. The summed E-state index contributed by atoms with van der Waals surface area (Å²) in [4.78, 5) is 4.05. The van der Waals surface area contributed by atoms with Crippen LogP contribution in [0.2, 0.25) is 0 Å². The Labute approximate surface area is 128 Å². The number of nitrogens with one attached hydrogen (secondary N) is 1. The zero-order valence-corrected chi connectivity index (χ0v) is 14.1. The van der Waals surface area contributed by atoms with Crippen molar-refractivity contribution < 1.29 is 0 Å². The highest BCUT2D eigenvalue weighted by Crippen LogP contribution is 2.42. The summed E-state index contributed by atoms with van der Waals surface area (Å²) in [6, 6.07) is 5.71. The lowest BCUT2D eigenvalue weighted by molar-refractivity contribution is 0.286. The number of nitrogens with zero attached hydrogens (tertiary/aromatic N) is 1. The smallest absolute Gasteiger partial charge is 0.0445 e. The van der Waals surface area contributed by atoms with Gasteiger partial charge in [-0.15, -0.1) is 11.3 Å². The van der Waals surface area contributed by atoms with E-state index in [0.717, 1.165) is 5.92 Å². The summed E-state index contributed by atoms with van der Waals surface area (Å²) >= 11 is 1.91. The molecule has 0 amide bonds. The number of thiophene rings is 1. The van der Waals surface area contributed by atoms with Gasteiger partial charge in [0.05, 0.1) is 0 Å². The molecule has 20 heavy (non-hydrogen) atoms. The lowest BCUT2D eigenvalue weighted by Gasteiger charge is -2.24. The molecule has 1 aliphatic carbocycles. The molecule has 1 aromatic heterocycles. The summed E-state index contributed by atoms with van der Waals surface area (Å²) in [5.41, 5.74) is 0. The Morgan fingerprint density at radius 2 is 2.10 bits per heavy atom. The molecule has 2 atom stereocenters. The molecule has 3 heteroatoms. The Morgan fingerprint density at radius 1 is 1.35 bits per heavy atom. The first-order valence-corrected chi connectivity index (χ1v) is 9.14. The van der Waals surface area contributed by atoms with E-state index in [1.165, 1.54) is 50.2 Å². The van der Waals surface area contributed by atoms with Crippen molar-refractivity contribution in [2.75, 3.05) is 19.6 Å². The largest absolute Gasteiger partial charge is 0.306 e. The van der Waals surface area contributed by atoms with Gasteiger partial charge in [0.15, 0.2) is 0 Å². The molecule has 2 unspecified atom stereocenters. The van der Waals surface area contributed by atoms with Crippen molar-refractivity contribution in [1.29, 1.82) is 0 Å². The van der Waals surface area contributed by atoms with Crippen LogP contribution in [0.5, 0.6) is 0 Å². The van der Waals surface area contributed by atoms with Gasteiger partial charge in [-0.2, -0.15) is 0 Å². The molecule has 2 nitrogen and oxygen atoms in total. The highest BCUT2D eigenvalue weighted by atomic mass is 32.1. The molecule has 0 radical (unpaired) electrons. The average Bonchev–Trinajstić information content (AvgIpc) is 3.15. The van der Waals surface area contributed by atoms with Crippen LogP contribution in [0.25, 0.3) is 0 Å². The van der Waals surface area contributed by atoms with E-state index >= 15 is 0 Å². The van der Waals surface area contributed by atoms with E-state index in [1.807, 2.05) is 11.3 Å². The predicted molar refractivity (Wildman–Crippen MR) is 89.4 cm³/mol. The second-order valence-corrected chi connectivity index (χ2v) is 7.05. The normalized spacial score (nSPS) is 18.4. The molecule has 1 fully saturated rings. The zero-order valence-electron chi connectivity index (χ0n) is 13.3. The first kappa shape index (κ1) is 16.0. The first-order chi connectivity index (χ1) is 9.74. The van der Waals surface area contributed by atoms with Gasteiger partial charge in [0.1, 0.15) is 0 Å². The van der Waals surface area contributed by atoms with Crippen LogP contribution in [0.4, 0.5) is 0 Å². The van der Waals surface area contributed by atoms with Crippen molar-refractivity contribution in [2.24, 2.45) is 5.92 Å². The third-order valence-corrected chi connectivity index (χ3v) is 5.37. The van der Waals surface area contributed by atoms with Gasteiger partial charge in [-0.05, 0) is 69.6 Å². The monoisotopic (exact) mass is 294 g/mol. The van der Waals surface area contributed by atoms with Gasteiger partial charge in [-0.3, -0.25) is 0 Å². The maximum absolute atomic E-state index is 3.88. The molecule has 1 aliphatic rings. The lowest BCUT2D eigenvalue weighted by atomic mass is 10.1. The molecule has 1 aromatic rings. The van der Waals surface area contributed by atoms with E-state index in [9.17, 15) is 0 Å². The SMILES string of the molecule is CCN(CC)CCCC(C)NC(c1cccs1)C1CC1. The summed E-state index contributed by atoms with van der Waals surface area (Å²) in [5.74, 6) is 0.888. The quantitative estimate of drug-likeness (QED) is 0.692. The van der Waals surface area contributed by atoms with Crippen molar-refractivity contribution in [2.45, 2.75) is 58.5 Å². The van der Waals surface area contributed by atoms with Crippen molar-refractivity contribution >= 4 is 11.3 Å². The van der Waals surface area contributed by atoms with E-state index < -0.39 is 0 Å². The third kappa shape index (κ3) is 4.87. The maximum atomic E-state index is 3.88. The fourth-order valence-corrected chi connectivity index (χ4v) is 3.78. The van der Waals surface area contributed by atoms with Crippen LogP contribution in [0.15, 0.2) is 17.5 Å². The van der Waals surface area contributed by atoms with Crippen LogP contribution in [-0.2, 0) is 0 Å². The van der Waals surface area contributed by atoms with Gasteiger partial charge in [-0.25, -0.2) is 0 Å². The van der Waals surface area contributed by atoms with Crippen LogP contribution in [0.1, 0.15) is 57.4 Å². The molecule has 0 bridgehead atoms. The Balaban J connectivity index is 1.73. The van der Waals surface area contributed by atoms with E-state index in [4.69, 9.17) is 0 Å². The van der Waals surface area contributed by atoms with Crippen molar-refractivity contribution in [3.05, 3.63) is 22.4 Å². The van der Waals surface area contributed by atoms with Crippen molar-refractivity contribution in [3.8, 4) is 0 Å². The molecule has 0 aromatic carbocycles. The lowest BCUT2D eigenvalue weighted by Crippen LogP contribution is -2.32.